The highest BCUT2D eigenvalue weighted by molar-refractivity contribution is 8.27. The molecule has 1 saturated heterocycles. The van der Waals surface area contributed by atoms with Gasteiger partial charge in [0.05, 0.1) is 24.3 Å². The zero-order valence-electron chi connectivity index (χ0n) is 14.3. The van der Waals surface area contributed by atoms with Gasteiger partial charge in [0.25, 0.3) is 5.91 Å². The van der Waals surface area contributed by atoms with E-state index in [-0.39, 0.29) is 11.7 Å². The molecule has 0 spiro atoms. The highest BCUT2D eigenvalue weighted by Gasteiger charge is 2.33. The van der Waals surface area contributed by atoms with Crippen LogP contribution in [-0.4, -0.2) is 29.1 Å². The monoisotopic (exact) mass is 387 g/mol. The third kappa shape index (κ3) is 3.68. The average Bonchev–Trinajstić information content (AvgIpc) is 2.91. The first-order valence-electron chi connectivity index (χ1n) is 7.91. The molecule has 0 aromatic heterocycles. The van der Waals surface area contributed by atoms with E-state index in [1.54, 1.807) is 18.2 Å². The van der Waals surface area contributed by atoms with E-state index < -0.39 is 0 Å². The molecule has 1 aliphatic rings. The summed E-state index contributed by atoms with van der Waals surface area (Å²) in [6.45, 7) is 2.50. The Morgan fingerprint density at radius 3 is 2.62 bits per heavy atom. The fourth-order valence-electron chi connectivity index (χ4n) is 2.48. The largest absolute Gasteiger partial charge is 0.504 e. The summed E-state index contributed by atoms with van der Waals surface area (Å²) < 4.78 is 11.0. The summed E-state index contributed by atoms with van der Waals surface area (Å²) in [5, 5.41) is 9.68. The van der Waals surface area contributed by atoms with Gasteiger partial charge in [-0.15, -0.1) is 0 Å². The van der Waals surface area contributed by atoms with Gasteiger partial charge in [-0.05, 0) is 55.0 Å². The predicted molar refractivity (Wildman–Crippen MR) is 108 cm³/mol. The van der Waals surface area contributed by atoms with E-state index in [2.05, 4.69) is 0 Å². The number of phenolic OH excluding ortho intramolecular Hbond substituents is 1. The Morgan fingerprint density at radius 2 is 1.96 bits per heavy atom. The van der Waals surface area contributed by atoms with E-state index in [0.717, 1.165) is 11.3 Å². The molecule has 0 saturated carbocycles. The first-order valence-corrected chi connectivity index (χ1v) is 9.13. The Bertz CT molecular complexity index is 878. The molecule has 1 heterocycles. The van der Waals surface area contributed by atoms with Crippen LogP contribution in [0.15, 0.2) is 47.4 Å². The summed E-state index contributed by atoms with van der Waals surface area (Å²) in [7, 11) is 1.48. The molecule has 0 bridgehead atoms. The van der Waals surface area contributed by atoms with Crippen molar-refractivity contribution in [3.05, 3.63) is 52.9 Å². The number of ether oxygens (including phenoxy) is 2. The number of hydrogen-bond donors (Lipinski definition) is 1. The molecule has 2 aromatic rings. The van der Waals surface area contributed by atoms with Crippen molar-refractivity contribution in [1.82, 2.24) is 0 Å². The molecule has 7 heteroatoms. The zero-order valence-corrected chi connectivity index (χ0v) is 15.9. The lowest BCUT2D eigenvalue weighted by atomic mass is 10.2. The van der Waals surface area contributed by atoms with Crippen molar-refractivity contribution in [1.29, 1.82) is 0 Å². The Morgan fingerprint density at radius 1 is 1.23 bits per heavy atom. The minimum absolute atomic E-state index is 0.0478. The molecule has 0 unspecified atom stereocenters. The van der Waals surface area contributed by atoms with Gasteiger partial charge in [-0.3, -0.25) is 9.69 Å². The van der Waals surface area contributed by atoms with Crippen molar-refractivity contribution < 1.29 is 19.4 Å². The number of methoxy groups -OCH3 is 1. The summed E-state index contributed by atoms with van der Waals surface area (Å²) in [6.07, 6.45) is 1.73. The molecule has 0 aliphatic carbocycles. The number of aromatic hydroxyl groups is 1. The highest BCUT2D eigenvalue weighted by Crippen LogP contribution is 2.37. The van der Waals surface area contributed by atoms with Crippen LogP contribution in [0.5, 0.6) is 17.2 Å². The Hall–Kier alpha value is -2.51. The Labute approximate surface area is 161 Å². The normalized spacial score (nSPS) is 15.6. The maximum absolute atomic E-state index is 12.8. The third-order valence-corrected chi connectivity index (χ3v) is 5.00. The summed E-state index contributed by atoms with van der Waals surface area (Å²) in [5.41, 5.74) is 1.44. The molecule has 0 radical (unpaired) electrons. The smallest absolute Gasteiger partial charge is 0.270 e. The fourth-order valence-corrected chi connectivity index (χ4v) is 3.78. The van der Waals surface area contributed by atoms with Gasteiger partial charge in [-0.2, -0.15) is 0 Å². The van der Waals surface area contributed by atoms with Crippen molar-refractivity contribution in [3.63, 3.8) is 0 Å². The minimum atomic E-state index is -0.184. The maximum Gasteiger partial charge on any atom is 0.270 e. The van der Waals surface area contributed by atoms with Crippen molar-refractivity contribution in [3.8, 4) is 17.2 Å². The molecule has 5 nitrogen and oxygen atoms in total. The van der Waals surface area contributed by atoms with Crippen LogP contribution in [0.4, 0.5) is 5.69 Å². The van der Waals surface area contributed by atoms with Gasteiger partial charge in [0.1, 0.15) is 5.75 Å². The summed E-state index contributed by atoms with van der Waals surface area (Å²) in [6, 6.07) is 12.1. The molecular weight excluding hydrogens is 370 g/mol. The number of carbonyl (C=O) groups excluding carboxylic acids is 1. The summed E-state index contributed by atoms with van der Waals surface area (Å²) in [5.74, 6) is 0.956. The van der Waals surface area contributed by atoms with Crippen LogP contribution in [0.25, 0.3) is 6.08 Å². The number of benzene rings is 2. The Balaban J connectivity index is 1.86. The predicted octanol–water partition coefficient (Wildman–Crippen LogP) is 4.21. The molecule has 2 aromatic carbocycles. The van der Waals surface area contributed by atoms with Crippen molar-refractivity contribution in [2.75, 3.05) is 18.6 Å². The number of amides is 1. The van der Waals surface area contributed by atoms with Crippen LogP contribution >= 0.6 is 24.0 Å². The van der Waals surface area contributed by atoms with Crippen LogP contribution in [-0.2, 0) is 4.79 Å². The summed E-state index contributed by atoms with van der Waals surface area (Å²) in [4.78, 5) is 14.8. The SMILES string of the molecule is CCOc1ccc(N2C(=O)/C(=C\c3ccc(O)c(OC)c3)SC2=S)cc1. The lowest BCUT2D eigenvalue weighted by Gasteiger charge is -2.15. The van der Waals surface area contributed by atoms with Crippen LogP contribution in [0.3, 0.4) is 0 Å². The number of rotatable bonds is 5. The first-order chi connectivity index (χ1) is 12.5. The molecule has 1 N–H and O–H groups in total. The van der Waals surface area contributed by atoms with Gasteiger partial charge in [0.15, 0.2) is 15.8 Å². The van der Waals surface area contributed by atoms with Crippen molar-refractivity contribution >= 4 is 46.0 Å². The van der Waals surface area contributed by atoms with Crippen LogP contribution in [0, 0.1) is 0 Å². The van der Waals surface area contributed by atoms with E-state index >= 15 is 0 Å². The third-order valence-electron chi connectivity index (χ3n) is 3.70. The van der Waals surface area contributed by atoms with Crippen molar-refractivity contribution in [2.45, 2.75) is 6.92 Å². The fraction of sp³-hybridized carbons (Fsp3) is 0.158. The quantitative estimate of drug-likeness (QED) is 0.613. The molecule has 134 valence electrons. The number of thiocarbonyl (C=S) groups is 1. The number of hydrogen-bond acceptors (Lipinski definition) is 6. The molecule has 1 fully saturated rings. The standard InChI is InChI=1S/C19H17NO4S2/c1-3-24-14-7-5-13(6-8-14)20-18(22)17(26-19(20)25)11-12-4-9-15(21)16(10-12)23-2/h4-11,21H,3H2,1-2H3/b17-11+. The topological polar surface area (TPSA) is 59.0 Å². The highest BCUT2D eigenvalue weighted by atomic mass is 32.2. The van der Waals surface area contributed by atoms with Gasteiger partial charge in [0, 0.05) is 0 Å². The van der Waals surface area contributed by atoms with E-state index in [9.17, 15) is 9.90 Å². The van der Waals surface area contributed by atoms with Gasteiger partial charge >= 0.3 is 0 Å². The molecule has 3 rings (SSSR count). The number of nitrogens with zero attached hydrogens (tertiary/aromatic N) is 1. The average molecular weight is 387 g/mol. The number of anilines is 1. The first kappa shape index (κ1) is 18.3. The van der Waals surface area contributed by atoms with Crippen LogP contribution < -0.4 is 14.4 Å². The van der Waals surface area contributed by atoms with Gasteiger partial charge in [0.2, 0.25) is 0 Å². The molecule has 1 amide bonds. The van der Waals surface area contributed by atoms with E-state index in [1.165, 1.54) is 29.8 Å². The Kier molecular flexibility index (Phi) is 5.49. The molecule has 0 atom stereocenters. The van der Waals surface area contributed by atoms with Crippen LogP contribution in [0.1, 0.15) is 12.5 Å². The summed E-state index contributed by atoms with van der Waals surface area (Å²) >= 11 is 6.62. The van der Waals surface area contributed by atoms with Crippen LogP contribution in [0.2, 0.25) is 0 Å². The van der Waals surface area contributed by atoms with Crippen molar-refractivity contribution in [2.24, 2.45) is 0 Å². The zero-order chi connectivity index (χ0) is 18.7. The van der Waals surface area contributed by atoms with E-state index in [0.29, 0.717) is 27.3 Å². The van der Waals surface area contributed by atoms with Gasteiger partial charge in [-0.25, -0.2) is 0 Å². The second-order valence-corrected chi connectivity index (χ2v) is 7.05. The van der Waals surface area contributed by atoms with E-state index in [1.807, 2.05) is 31.2 Å². The van der Waals surface area contributed by atoms with Gasteiger partial charge in [-0.1, -0.05) is 30.0 Å². The van der Waals surface area contributed by atoms with E-state index in [4.69, 9.17) is 21.7 Å². The lowest BCUT2D eigenvalue weighted by Crippen LogP contribution is -2.27. The number of phenols is 1. The molecular formula is C19H17NO4S2. The minimum Gasteiger partial charge on any atom is -0.504 e. The molecule has 26 heavy (non-hydrogen) atoms. The second kappa shape index (κ2) is 7.80. The number of carbonyl (C=O) groups is 1. The van der Waals surface area contributed by atoms with Gasteiger partial charge < -0.3 is 14.6 Å². The molecule has 1 aliphatic heterocycles. The second-order valence-electron chi connectivity index (χ2n) is 5.38. The maximum atomic E-state index is 12.8. The number of thioether (sulfide) groups is 1. The lowest BCUT2D eigenvalue weighted by molar-refractivity contribution is -0.113.